The average Bonchev–Trinajstić information content (AvgIpc) is 3.17. The molecule has 1 aromatic carbocycles. The van der Waals surface area contributed by atoms with Crippen LogP contribution >= 0.6 is 0 Å². The summed E-state index contributed by atoms with van der Waals surface area (Å²) in [7, 11) is 2.77. The quantitative estimate of drug-likeness (QED) is 0.430. The molecular formula is C21H21N5O6. The van der Waals surface area contributed by atoms with Crippen LogP contribution in [-0.2, 0) is 36.6 Å². The third kappa shape index (κ3) is 3.27. The van der Waals surface area contributed by atoms with Gasteiger partial charge in [-0.15, -0.1) is 0 Å². The lowest BCUT2D eigenvalue weighted by Gasteiger charge is -2.13. The van der Waals surface area contributed by atoms with E-state index >= 15 is 0 Å². The van der Waals surface area contributed by atoms with Gasteiger partial charge < -0.3 is 9.84 Å². The zero-order valence-corrected chi connectivity index (χ0v) is 17.7. The molecule has 0 bridgehead atoms. The number of fused-ring (bicyclic) bond motifs is 3. The number of aromatic hydroxyl groups is 1. The standard InChI is InChI=1S/C21H21N5O6/c1-12(27)32-10-9-14-17(28)25(11-13-7-5-4-6-8-13)20-22-16-15(26(20)18(14)29)19(30)24(3)21(31)23(16)2/h4-8,29H,9-11H2,1-3H3. The van der Waals surface area contributed by atoms with Crippen LogP contribution in [0.4, 0.5) is 0 Å². The molecule has 3 aromatic heterocycles. The molecular weight excluding hydrogens is 418 g/mol. The second-order valence-corrected chi connectivity index (χ2v) is 7.39. The Kier molecular flexibility index (Phi) is 5.17. The van der Waals surface area contributed by atoms with Gasteiger partial charge in [0.15, 0.2) is 11.2 Å². The molecule has 0 amide bonds. The Hall–Kier alpha value is -4.15. The van der Waals surface area contributed by atoms with Gasteiger partial charge in [0.1, 0.15) is 0 Å². The molecule has 32 heavy (non-hydrogen) atoms. The first-order valence-electron chi connectivity index (χ1n) is 9.82. The first kappa shape index (κ1) is 21.1. The Morgan fingerprint density at radius 1 is 1.06 bits per heavy atom. The van der Waals surface area contributed by atoms with Crippen molar-refractivity contribution >= 4 is 22.9 Å². The van der Waals surface area contributed by atoms with E-state index in [4.69, 9.17) is 4.74 Å². The second-order valence-electron chi connectivity index (χ2n) is 7.39. The molecule has 0 saturated heterocycles. The van der Waals surface area contributed by atoms with Gasteiger partial charge in [0.2, 0.25) is 11.7 Å². The molecule has 0 fully saturated rings. The molecule has 4 aromatic rings. The predicted molar refractivity (Wildman–Crippen MR) is 115 cm³/mol. The third-order valence-corrected chi connectivity index (χ3v) is 5.31. The van der Waals surface area contributed by atoms with Gasteiger partial charge in [-0.25, -0.2) is 9.20 Å². The van der Waals surface area contributed by atoms with Crippen molar-refractivity contribution in [3.63, 3.8) is 0 Å². The maximum atomic E-state index is 13.3. The minimum atomic E-state index is -0.665. The molecule has 0 aliphatic rings. The van der Waals surface area contributed by atoms with Crippen molar-refractivity contribution in [2.24, 2.45) is 14.1 Å². The minimum absolute atomic E-state index is 0.0147. The van der Waals surface area contributed by atoms with E-state index in [9.17, 15) is 24.3 Å². The second kappa shape index (κ2) is 7.84. The van der Waals surface area contributed by atoms with E-state index in [1.807, 2.05) is 30.3 Å². The van der Waals surface area contributed by atoms with Crippen molar-refractivity contribution in [1.82, 2.24) is 23.1 Å². The normalized spacial score (nSPS) is 11.3. The van der Waals surface area contributed by atoms with E-state index < -0.39 is 28.7 Å². The maximum absolute atomic E-state index is 13.3. The number of carbonyl (C=O) groups excluding carboxylic acids is 1. The van der Waals surface area contributed by atoms with Gasteiger partial charge in [-0.05, 0) is 5.56 Å². The first-order valence-corrected chi connectivity index (χ1v) is 9.82. The zero-order valence-electron chi connectivity index (χ0n) is 17.7. The van der Waals surface area contributed by atoms with Crippen molar-refractivity contribution in [3.05, 3.63) is 72.7 Å². The zero-order chi connectivity index (χ0) is 23.2. The molecule has 0 spiro atoms. The molecule has 0 radical (unpaired) electrons. The smallest absolute Gasteiger partial charge is 0.332 e. The summed E-state index contributed by atoms with van der Waals surface area (Å²) >= 11 is 0. The lowest BCUT2D eigenvalue weighted by atomic mass is 10.2. The number of nitrogens with zero attached hydrogens (tertiary/aromatic N) is 5. The van der Waals surface area contributed by atoms with E-state index in [1.54, 1.807) is 0 Å². The van der Waals surface area contributed by atoms with Crippen LogP contribution < -0.4 is 16.8 Å². The number of esters is 1. The maximum Gasteiger partial charge on any atom is 0.332 e. The highest BCUT2D eigenvalue weighted by Crippen LogP contribution is 2.22. The summed E-state index contributed by atoms with van der Waals surface area (Å²) in [5, 5.41) is 11.0. The largest absolute Gasteiger partial charge is 0.494 e. The summed E-state index contributed by atoms with van der Waals surface area (Å²) in [6, 6.07) is 9.13. The Morgan fingerprint density at radius 2 is 1.75 bits per heavy atom. The van der Waals surface area contributed by atoms with Gasteiger partial charge in [-0.2, -0.15) is 4.98 Å². The van der Waals surface area contributed by atoms with Gasteiger partial charge in [0, 0.05) is 27.4 Å². The van der Waals surface area contributed by atoms with Crippen molar-refractivity contribution in [2.75, 3.05) is 6.61 Å². The Balaban J connectivity index is 2.10. The van der Waals surface area contributed by atoms with E-state index in [1.165, 1.54) is 34.6 Å². The van der Waals surface area contributed by atoms with E-state index in [-0.39, 0.29) is 42.1 Å². The highest BCUT2D eigenvalue weighted by atomic mass is 16.5. The number of ether oxygens (including phenoxy) is 1. The van der Waals surface area contributed by atoms with Crippen LogP contribution in [0, 0.1) is 0 Å². The highest BCUT2D eigenvalue weighted by molar-refractivity contribution is 5.76. The van der Waals surface area contributed by atoms with Gasteiger partial charge in [-0.1, -0.05) is 30.3 Å². The summed E-state index contributed by atoms with van der Waals surface area (Å²) in [5.41, 5.74) is -1.04. The summed E-state index contributed by atoms with van der Waals surface area (Å²) in [4.78, 5) is 54.1. The van der Waals surface area contributed by atoms with Crippen molar-refractivity contribution < 1.29 is 14.6 Å². The van der Waals surface area contributed by atoms with E-state index in [0.29, 0.717) is 0 Å². The number of aromatic nitrogens is 5. The average molecular weight is 439 g/mol. The summed E-state index contributed by atoms with van der Waals surface area (Å²) in [5.74, 6) is -0.993. The van der Waals surface area contributed by atoms with Gasteiger partial charge in [0.05, 0.1) is 18.7 Å². The Bertz CT molecular complexity index is 1540. The van der Waals surface area contributed by atoms with Gasteiger partial charge in [0.25, 0.3) is 11.1 Å². The molecule has 0 aliphatic carbocycles. The molecule has 11 heteroatoms. The van der Waals surface area contributed by atoms with Crippen LogP contribution in [0.3, 0.4) is 0 Å². The van der Waals surface area contributed by atoms with E-state index in [0.717, 1.165) is 10.1 Å². The number of hydrogen-bond acceptors (Lipinski definition) is 7. The monoisotopic (exact) mass is 439 g/mol. The van der Waals surface area contributed by atoms with Gasteiger partial charge >= 0.3 is 11.7 Å². The predicted octanol–water partition coefficient (Wildman–Crippen LogP) is -0.0939. The summed E-state index contributed by atoms with van der Waals surface area (Å²) < 4.78 is 9.51. The Labute approximate surface area is 180 Å². The first-order chi connectivity index (χ1) is 15.2. The number of aryl methyl sites for hydroxylation is 1. The van der Waals surface area contributed by atoms with Crippen LogP contribution in [0.15, 0.2) is 44.7 Å². The number of rotatable bonds is 5. The number of carbonyl (C=O) groups is 1. The molecule has 0 aliphatic heterocycles. The van der Waals surface area contributed by atoms with Crippen LogP contribution in [0.2, 0.25) is 0 Å². The fourth-order valence-electron chi connectivity index (χ4n) is 3.67. The minimum Gasteiger partial charge on any atom is -0.494 e. The molecule has 3 heterocycles. The van der Waals surface area contributed by atoms with Crippen LogP contribution in [-0.4, -0.2) is 40.8 Å². The molecule has 11 nitrogen and oxygen atoms in total. The van der Waals surface area contributed by atoms with Crippen LogP contribution in [0.25, 0.3) is 16.9 Å². The third-order valence-electron chi connectivity index (χ3n) is 5.31. The van der Waals surface area contributed by atoms with Gasteiger partial charge in [-0.3, -0.25) is 28.1 Å². The number of hydrogen-bond donors (Lipinski definition) is 1. The molecule has 4 rings (SSSR count). The topological polar surface area (TPSA) is 130 Å². The molecule has 0 saturated carbocycles. The number of benzene rings is 1. The highest BCUT2D eigenvalue weighted by Gasteiger charge is 2.24. The van der Waals surface area contributed by atoms with Crippen LogP contribution in [0.1, 0.15) is 18.1 Å². The molecule has 0 atom stereocenters. The fourth-order valence-corrected chi connectivity index (χ4v) is 3.67. The number of imidazole rings is 1. The molecule has 0 unspecified atom stereocenters. The molecule has 166 valence electrons. The lowest BCUT2D eigenvalue weighted by Crippen LogP contribution is -2.37. The van der Waals surface area contributed by atoms with E-state index in [2.05, 4.69) is 4.98 Å². The fraction of sp³-hybridized carbons (Fsp3) is 0.286. The SMILES string of the molecule is CC(=O)OCCc1c(O)n2c3c(=O)n(C)c(=O)n(C)c3nc2n(Cc2ccccc2)c1=O. The lowest BCUT2D eigenvalue weighted by molar-refractivity contribution is -0.140. The van der Waals surface area contributed by atoms with Crippen LogP contribution in [0.5, 0.6) is 5.88 Å². The molecule has 1 N–H and O–H groups in total. The van der Waals surface area contributed by atoms with Crippen molar-refractivity contribution in [3.8, 4) is 5.88 Å². The van der Waals surface area contributed by atoms with Crippen molar-refractivity contribution in [1.29, 1.82) is 0 Å². The summed E-state index contributed by atoms with van der Waals surface area (Å²) in [6.45, 7) is 1.23. The Morgan fingerprint density at radius 3 is 2.41 bits per heavy atom. The summed E-state index contributed by atoms with van der Waals surface area (Å²) in [6.07, 6.45) is -0.0687. The van der Waals surface area contributed by atoms with Crippen molar-refractivity contribution in [2.45, 2.75) is 19.9 Å².